The van der Waals surface area contributed by atoms with Crippen molar-refractivity contribution < 1.29 is 4.79 Å². The summed E-state index contributed by atoms with van der Waals surface area (Å²) in [6.07, 6.45) is 5.00. The standard InChI is InChI=1S/C21H21N3O2/c1-14-6-8-18(15(2)11-14)20(16-5-4-10-22-12-16)23-21(26)17-7-9-19(25)24(3)13-17/h4-13,20H,1-3H3,(H,23,26). The van der Waals surface area contributed by atoms with Crippen molar-refractivity contribution in [3.63, 3.8) is 0 Å². The molecule has 2 heterocycles. The first-order valence-electron chi connectivity index (χ1n) is 8.40. The average Bonchev–Trinajstić information content (AvgIpc) is 2.63. The number of nitrogens with zero attached hydrogens (tertiary/aromatic N) is 2. The molecule has 0 saturated heterocycles. The number of aryl methyl sites for hydroxylation is 3. The van der Waals surface area contributed by atoms with Gasteiger partial charge in [-0.2, -0.15) is 0 Å². The molecule has 0 saturated carbocycles. The van der Waals surface area contributed by atoms with Crippen LogP contribution in [0.15, 0.2) is 65.8 Å². The van der Waals surface area contributed by atoms with E-state index < -0.39 is 0 Å². The molecule has 1 N–H and O–H groups in total. The number of nitrogens with one attached hydrogen (secondary N) is 1. The van der Waals surface area contributed by atoms with Crippen molar-refractivity contribution in [3.8, 4) is 0 Å². The average molecular weight is 347 g/mol. The highest BCUT2D eigenvalue weighted by molar-refractivity contribution is 5.94. The first-order chi connectivity index (χ1) is 12.5. The number of carbonyl (C=O) groups is 1. The van der Waals surface area contributed by atoms with E-state index in [1.165, 1.54) is 16.2 Å². The summed E-state index contributed by atoms with van der Waals surface area (Å²) in [5.41, 5.74) is 4.46. The zero-order valence-electron chi connectivity index (χ0n) is 15.1. The summed E-state index contributed by atoms with van der Waals surface area (Å²) in [4.78, 5) is 28.5. The van der Waals surface area contributed by atoms with Crippen LogP contribution in [0.25, 0.3) is 0 Å². The lowest BCUT2D eigenvalue weighted by atomic mass is 9.94. The zero-order valence-corrected chi connectivity index (χ0v) is 15.1. The summed E-state index contributed by atoms with van der Waals surface area (Å²) >= 11 is 0. The Kier molecular flexibility index (Phi) is 4.98. The molecule has 1 atom stereocenters. The largest absolute Gasteiger partial charge is 0.341 e. The van der Waals surface area contributed by atoms with Crippen molar-refractivity contribution in [1.29, 1.82) is 0 Å². The molecule has 0 fully saturated rings. The Morgan fingerprint density at radius 2 is 1.96 bits per heavy atom. The molecule has 5 nitrogen and oxygen atoms in total. The topological polar surface area (TPSA) is 64.0 Å². The van der Waals surface area contributed by atoms with Crippen LogP contribution in [0.2, 0.25) is 0 Å². The van der Waals surface area contributed by atoms with E-state index in [0.717, 1.165) is 16.7 Å². The van der Waals surface area contributed by atoms with E-state index in [0.29, 0.717) is 5.56 Å². The molecule has 0 aliphatic carbocycles. The van der Waals surface area contributed by atoms with Gasteiger partial charge in [-0.1, -0.05) is 29.8 Å². The molecular weight excluding hydrogens is 326 g/mol. The van der Waals surface area contributed by atoms with Gasteiger partial charge in [-0.25, -0.2) is 0 Å². The van der Waals surface area contributed by atoms with Gasteiger partial charge in [0.1, 0.15) is 0 Å². The summed E-state index contributed by atoms with van der Waals surface area (Å²) in [6, 6.07) is 12.6. The summed E-state index contributed by atoms with van der Waals surface area (Å²) in [5, 5.41) is 3.08. The normalized spacial score (nSPS) is 11.8. The molecule has 5 heteroatoms. The van der Waals surface area contributed by atoms with Crippen molar-refractivity contribution in [1.82, 2.24) is 14.9 Å². The van der Waals surface area contributed by atoms with Crippen LogP contribution in [0.5, 0.6) is 0 Å². The first kappa shape index (κ1) is 17.6. The number of benzene rings is 1. The van der Waals surface area contributed by atoms with Gasteiger partial charge in [-0.3, -0.25) is 14.6 Å². The van der Waals surface area contributed by atoms with Crippen molar-refractivity contribution >= 4 is 5.91 Å². The Morgan fingerprint density at radius 1 is 1.15 bits per heavy atom. The minimum atomic E-state index is -0.325. The minimum absolute atomic E-state index is 0.153. The molecule has 0 radical (unpaired) electrons. The van der Waals surface area contributed by atoms with Gasteiger partial charge in [0, 0.05) is 31.7 Å². The number of hydrogen-bond acceptors (Lipinski definition) is 3. The molecule has 3 rings (SSSR count). The summed E-state index contributed by atoms with van der Waals surface area (Å²) in [5.74, 6) is -0.241. The Morgan fingerprint density at radius 3 is 2.62 bits per heavy atom. The van der Waals surface area contributed by atoms with Crippen molar-refractivity contribution in [2.24, 2.45) is 7.05 Å². The molecule has 1 aromatic carbocycles. The quantitative estimate of drug-likeness (QED) is 0.789. The lowest BCUT2D eigenvalue weighted by Crippen LogP contribution is -2.31. The highest BCUT2D eigenvalue weighted by Crippen LogP contribution is 2.25. The number of pyridine rings is 2. The molecule has 0 aliphatic heterocycles. The SMILES string of the molecule is Cc1ccc(C(NC(=O)c2ccc(=O)n(C)c2)c2cccnc2)c(C)c1. The zero-order chi connectivity index (χ0) is 18.7. The fourth-order valence-corrected chi connectivity index (χ4v) is 2.98. The van der Waals surface area contributed by atoms with E-state index in [2.05, 4.69) is 16.4 Å². The van der Waals surface area contributed by atoms with Gasteiger partial charge in [0.05, 0.1) is 11.6 Å². The number of aromatic nitrogens is 2. The Labute approximate surface area is 152 Å². The van der Waals surface area contributed by atoms with E-state index >= 15 is 0 Å². The highest BCUT2D eigenvalue weighted by atomic mass is 16.2. The number of carbonyl (C=O) groups excluding carboxylic acids is 1. The summed E-state index contributed by atoms with van der Waals surface area (Å²) in [7, 11) is 1.63. The van der Waals surface area contributed by atoms with Gasteiger partial charge < -0.3 is 9.88 Å². The molecule has 0 aliphatic rings. The molecule has 1 unspecified atom stereocenters. The maximum atomic E-state index is 12.8. The number of amides is 1. The highest BCUT2D eigenvalue weighted by Gasteiger charge is 2.20. The van der Waals surface area contributed by atoms with E-state index in [1.807, 2.05) is 38.1 Å². The van der Waals surface area contributed by atoms with Gasteiger partial charge in [-0.15, -0.1) is 0 Å². The van der Waals surface area contributed by atoms with Gasteiger partial charge >= 0.3 is 0 Å². The maximum Gasteiger partial charge on any atom is 0.253 e. The van der Waals surface area contributed by atoms with E-state index in [9.17, 15) is 9.59 Å². The van der Waals surface area contributed by atoms with Crippen LogP contribution >= 0.6 is 0 Å². The van der Waals surface area contributed by atoms with Crippen molar-refractivity contribution in [3.05, 3.63) is 99.2 Å². The van der Waals surface area contributed by atoms with Crippen LogP contribution < -0.4 is 10.9 Å². The predicted molar refractivity (Wildman–Crippen MR) is 101 cm³/mol. The van der Waals surface area contributed by atoms with Crippen LogP contribution in [0.1, 0.15) is 38.7 Å². The predicted octanol–water partition coefficient (Wildman–Crippen LogP) is 2.92. The molecule has 2 aromatic heterocycles. The second kappa shape index (κ2) is 7.35. The van der Waals surface area contributed by atoms with E-state index in [1.54, 1.807) is 31.7 Å². The van der Waals surface area contributed by atoms with Crippen LogP contribution in [-0.2, 0) is 7.05 Å². The molecular formula is C21H21N3O2. The molecule has 26 heavy (non-hydrogen) atoms. The Hall–Kier alpha value is -3.21. The van der Waals surface area contributed by atoms with Crippen LogP contribution in [0.3, 0.4) is 0 Å². The lowest BCUT2D eigenvalue weighted by molar-refractivity contribution is 0.0942. The minimum Gasteiger partial charge on any atom is -0.341 e. The third-order valence-electron chi connectivity index (χ3n) is 4.38. The second-order valence-electron chi connectivity index (χ2n) is 6.42. The molecule has 132 valence electrons. The Balaban J connectivity index is 1.99. The third-order valence-corrected chi connectivity index (χ3v) is 4.38. The van der Waals surface area contributed by atoms with Gasteiger partial charge in [-0.05, 0) is 42.7 Å². The van der Waals surface area contributed by atoms with E-state index in [4.69, 9.17) is 0 Å². The van der Waals surface area contributed by atoms with Crippen LogP contribution in [0, 0.1) is 13.8 Å². The smallest absolute Gasteiger partial charge is 0.253 e. The summed E-state index contributed by atoms with van der Waals surface area (Å²) in [6.45, 7) is 4.07. The second-order valence-corrected chi connectivity index (χ2v) is 6.42. The molecule has 1 amide bonds. The molecule has 0 spiro atoms. The fraction of sp³-hybridized carbons (Fsp3) is 0.190. The number of hydrogen-bond donors (Lipinski definition) is 1. The maximum absolute atomic E-state index is 12.8. The van der Waals surface area contributed by atoms with Gasteiger partial charge in [0.15, 0.2) is 0 Å². The van der Waals surface area contributed by atoms with Crippen LogP contribution in [-0.4, -0.2) is 15.5 Å². The number of rotatable bonds is 4. The Bertz CT molecular complexity index is 994. The lowest BCUT2D eigenvalue weighted by Gasteiger charge is -2.22. The van der Waals surface area contributed by atoms with Gasteiger partial charge in [0.2, 0.25) is 5.56 Å². The molecule has 3 aromatic rings. The fourth-order valence-electron chi connectivity index (χ4n) is 2.98. The monoisotopic (exact) mass is 347 g/mol. The third kappa shape index (κ3) is 3.72. The van der Waals surface area contributed by atoms with Crippen molar-refractivity contribution in [2.75, 3.05) is 0 Å². The van der Waals surface area contributed by atoms with Crippen molar-refractivity contribution in [2.45, 2.75) is 19.9 Å². The van der Waals surface area contributed by atoms with E-state index in [-0.39, 0.29) is 17.5 Å². The first-order valence-corrected chi connectivity index (χ1v) is 8.40. The molecule has 0 bridgehead atoms. The van der Waals surface area contributed by atoms with Gasteiger partial charge in [0.25, 0.3) is 5.91 Å². The summed E-state index contributed by atoms with van der Waals surface area (Å²) < 4.78 is 1.39. The van der Waals surface area contributed by atoms with Crippen LogP contribution in [0.4, 0.5) is 0 Å².